The highest BCUT2D eigenvalue weighted by atomic mass is 16.3. The zero-order valence-corrected chi connectivity index (χ0v) is 9.48. The van der Waals surface area contributed by atoms with Gasteiger partial charge >= 0.3 is 0 Å². The van der Waals surface area contributed by atoms with Crippen molar-refractivity contribution in [3.63, 3.8) is 0 Å². The standard InChI is InChI=1S/C13H19NO/c1-4-8-10(6(2)9-5-14-9)13-11(7(3)15)12(8)13/h5,7-13,15H,2,4H2,1,3H3/p+1. The van der Waals surface area contributed by atoms with E-state index in [-0.39, 0.29) is 6.10 Å². The van der Waals surface area contributed by atoms with E-state index >= 15 is 0 Å². The molecule has 7 atom stereocenters. The van der Waals surface area contributed by atoms with Crippen molar-refractivity contribution in [2.24, 2.45) is 29.6 Å². The molecule has 7 unspecified atom stereocenters. The predicted octanol–water partition coefficient (Wildman–Crippen LogP) is -0.0248. The Balaban J connectivity index is 1.71. The molecule has 2 saturated carbocycles. The first kappa shape index (κ1) is 9.59. The van der Waals surface area contributed by atoms with E-state index in [9.17, 15) is 5.11 Å². The maximum Gasteiger partial charge on any atom is 0.248 e. The molecular formula is C13H20NO+. The quantitative estimate of drug-likeness (QED) is 0.623. The lowest BCUT2D eigenvalue weighted by Crippen LogP contribution is -2.54. The van der Waals surface area contributed by atoms with Crippen molar-refractivity contribution >= 4 is 6.21 Å². The van der Waals surface area contributed by atoms with Crippen molar-refractivity contribution in [1.29, 1.82) is 0 Å². The maximum absolute atomic E-state index is 9.69. The first-order valence-electron chi connectivity index (χ1n) is 6.13. The van der Waals surface area contributed by atoms with Crippen LogP contribution in [0.1, 0.15) is 20.3 Å². The Kier molecular flexibility index (Phi) is 1.88. The van der Waals surface area contributed by atoms with E-state index in [4.69, 9.17) is 0 Å². The van der Waals surface area contributed by atoms with Gasteiger partial charge in [0.25, 0.3) is 0 Å². The Hall–Kier alpha value is -0.630. The second kappa shape index (κ2) is 2.94. The number of fused-ring (bicyclic) bond motifs is 1. The molecule has 2 heteroatoms. The number of aliphatic hydroxyl groups is 1. The first-order valence-corrected chi connectivity index (χ1v) is 6.13. The normalized spacial score (nSPS) is 51.7. The van der Waals surface area contributed by atoms with E-state index in [2.05, 4.69) is 24.7 Å². The van der Waals surface area contributed by atoms with Crippen molar-refractivity contribution in [2.75, 3.05) is 0 Å². The second-order valence-electron chi connectivity index (χ2n) is 5.46. The topological polar surface area (TPSA) is 34.2 Å². The molecule has 0 amide bonds. The van der Waals surface area contributed by atoms with Gasteiger partial charge in [-0.1, -0.05) is 19.9 Å². The summed E-state index contributed by atoms with van der Waals surface area (Å²) in [6.07, 6.45) is 3.23. The van der Waals surface area contributed by atoms with Gasteiger partial charge in [-0.15, -0.1) is 0 Å². The Bertz CT molecular complexity index is 327. The molecule has 0 aromatic rings. The summed E-state index contributed by atoms with van der Waals surface area (Å²) in [5.41, 5.74) is 1.37. The van der Waals surface area contributed by atoms with Crippen LogP contribution in [0.5, 0.6) is 0 Å². The molecule has 15 heavy (non-hydrogen) atoms. The Morgan fingerprint density at radius 1 is 1.53 bits per heavy atom. The van der Waals surface area contributed by atoms with Crippen molar-refractivity contribution in [1.82, 2.24) is 0 Å². The fourth-order valence-electron chi connectivity index (χ4n) is 3.97. The Labute approximate surface area is 91.1 Å². The van der Waals surface area contributed by atoms with Crippen LogP contribution in [0.2, 0.25) is 0 Å². The van der Waals surface area contributed by atoms with E-state index in [1.54, 1.807) is 0 Å². The summed E-state index contributed by atoms with van der Waals surface area (Å²) in [6, 6.07) is 0.472. The van der Waals surface area contributed by atoms with Crippen LogP contribution in [0, 0.1) is 29.6 Å². The number of nitrogens with one attached hydrogen (secondary N) is 1. The summed E-state index contributed by atoms with van der Waals surface area (Å²) >= 11 is 0. The lowest BCUT2D eigenvalue weighted by molar-refractivity contribution is -0.381. The van der Waals surface area contributed by atoms with Crippen molar-refractivity contribution in [2.45, 2.75) is 32.4 Å². The summed E-state index contributed by atoms with van der Waals surface area (Å²) in [5.74, 6) is 3.58. The lowest BCUT2D eigenvalue weighted by atomic mass is 9.68. The molecule has 82 valence electrons. The van der Waals surface area contributed by atoms with E-state index in [0.29, 0.717) is 17.9 Å². The predicted molar refractivity (Wildman–Crippen MR) is 59.4 cm³/mol. The average Bonchev–Trinajstić information content (AvgIpc) is 2.98. The van der Waals surface area contributed by atoms with Crippen LogP contribution in [0.3, 0.4) is 0 Å². The van der Waals surface area contributed by atoms with Crippen molar-refractivity contribution in [3.8, 4) is 0 Å². The van der Waals surface area contributed by atoms with Crippen molar-refractivity contribution < 1.29 is 10.1 Å². The van der Waals surface area contributed by atoms with Crippen molar-refractivity contribution in [3.05, 3.63) is 12.2 Å². The number of rotatable bonds is 4. The van der Waals surface area contributed by atoms with Gasteiger partial charge in [0.15, 0.2) is 0 Å². The molecular weight excluding hydrogens is 186 g/mol. The maximum atomic E-state index is 9.69. The van der Waals surface area contributed by atoms with E-state index in [1.165, 1.54) is 12.0 Å². The highest BCUT2D eigenvalue weighted by molar-refractivity contribution is 5.69. The monoisotopic (exact) mass is 206 g/mol. The third-order valence-electron chi connectivity index (χ3n) is 4.75. The molecule has 2 nitrogen and oxygen atoms in total. The zero-order valence-electron chi connectivity index (χ0n) is 9.48. The smallest absolute Gasteiger partial charge is 0.248 e. The fraction of sp³-hybridized carbons (Fsp3) is 0.769. The van der Waals surface area contributed by atoms with Gasteiger partial charge in [0.05, 0.1) is 6.10 Å². The number of hydrogen-bond donors (Lipinski definition) is 2. The summed E-state index contributed by atoms with van der Waals surface area (Å²) in [5, 5.41) is 9.69. The second-order valence-corrected chi connectivity index (χ2v) is 5.46. The SMILES string of the molecule is C=C(C1C=[NH+]1)C1C(CC)C2C(C(C)O)C12. The van der Waals surface area contributed by atoms with E-state index in [1.807, 2.05) is 6.92 Å². The minimum Gasteiger partial charge on any atom is -0.393 e. The molecule has 0 saturated heterocycles. The molecule has 0 spiro atoms. The molecule has 0 bridgehead atoms. The average molecular weight is 206 g/mol. The van der Waals surface area contributed by atoms with Crippen LogP contribution in [0.15, 0.2) is 12.2 Å². The number of hydrogen-bond acceptors (Lipinski definition) is 1. The zero-order chi connectivity index (χ0) is 10.7. The van der Waals surface area contributed by atoms with Crippen LogP contribution < -0.4 is 4.99 Å². The third-order valence-corrected chi connectivity index (χ3v) is 4.75. The van der Waals surface area contributed by atoms with Crippen LogP contribution in [0.25, 0.3) is 0 Å². The van der Waals surface area contributed by atoms with Gasteiger partial charge in [0.2, 0.25) is 12.3 Å². The van der Waals surface area contributed by atoms with Crippen LogP contribution >= 0.6 is 0 Å². The Morgan fingerprint density at radius 3 is 2.67 bits per heavy atom. The first-order chi connectivity index (χ1) is 7.16. The van der Waals surface area contributed by atoms with Gasteiger partial charge in [0.1, 0.15) is 0 Å². The minimum atomic E-state index is -0.122. The minimum absolute atomic E-state index is 0.122. The molecule has 0 radical (unpaired) electrons. The molecule has 2 aliphatic carbocycles. The largest absolute Gasteiger partial charge is 0.393 e. The molecule has 3 aliphatic rings. The number of aliphatic hydroxyl groups excluding tert-OH is 1. The highest BCUT2D eigenvalue weighted by Gasteiger charge is 2.70. The molecule has 1 aliphatic heterocycles. The van der Waals surface area contributed by atoms with Gasteiger partial charge in [-0.3, -0.25) is 0 Å². The lowest BCUT2D eigenvalue weighted by Gasteiger charge is -2.35. The highest BCUT2D eigenvalue weighted by Crippen LogP contribution is 2.71. The van der Waals surface area contributed by atoms with E-state index in [0.717, 1.165) is 17.8 Å². The molecule has 1 heterocycles. The fourth-order valence-corrected chi connectivity index (χ4v) is 3.97. The summed E-state index contributed by atoms with van der Waals surface area (Å²) in [4.78, 5) is 3.22. The van der Waals surface area contributed by atoms with Crippen LogP contribution in [0.4, 0.5) is 0 Å². The van der Waals surface area contributed by atoms with Crippen LogP contribution in [-0.4, -0.2) is 23.5 Å². The summed E-state index contributed by atoms with van der Waals surface area (Å²) in [7, 11) is 0. The van der Waals surface area contributed by atoms with Gasteiger partial charge < -0.3 is 5.11 Å². The third kappa shape index (κ3) is 1.17. The van der Waals surface area contributed by atoms with Crippen LogP contribution in [-0.2, 0) is 0 Å². The molecule has 2 fully saturated rings. The molecule has 0 aromatic heterocycles. The van der Waals surface area contributed by atoms with Gasteiger partial charge in [-0.25, -0.2) is 4.99 Å². The summed E-state index contributed by atoms with van der Waals surface area (Å²) in [6.45, 7) is 8.44. The van der Waals surface area contributed by atoms with Gasteiger partial charge in [-0.05, 0) is 36.5 Å². The molecule has 0 aromatic carbocycles. The van der Waals surface area contributed by atoms with Gasteiger partial charge in [-0.2, -0.15) is 0 Å². The summed E-state index contributed by atoms with van der Waals surface area (Å²) < 4.78 is 0. The van der Waals surface area contributed by atoms with Gasteiger partial charge in [0, 0.05) is 5.57 Å². The Morgan fingerprint density at radius 2 is 2.20 bits per heavy atom. The molecule has 2 N–H and O–H groups in total. The molecule has 3 rings (SSSR count). The van der Waals surface area contributed by atoms with E-state index < -0.39 is 0 Å².